The molecule has 0 spiro atoms. The lowest BCUT2D eigenvalue weighted by Crippen LogP contribution is -2.32. The third-order valence-electron chi connectivity index (χ3n) is 5.51. The number of hydrogen-bond acceptors (Lipinski definition) is 8. The van der Waals surface area contributed by atoms with Crippen LogP contribution in [0.15, 0.2) is 63.0 Å². The smallest absolute Gasteiger partial charge is 0.326 e. The van der Waals surface area contributed by atoms with Crippen LogP contribution in [-0.2, 0) is 25.7 Å². The van der Waals surface area contributed by atoms with Crippen LogP contribution in [0.25, 0.3) is 0 Å². The molecule has 2 aliphatic rings. The van der Waals surface area contributed by atoms with E-state index in [4.69, 9.17) is 9.15 Å². The molecule has 0 bridgehead atoms. The van der Waals surface area contributed by atoms with Gasteiger partial charge in [-0.25, -0.2) is 4.90 Å². The Kier molecular flexibility index (Phi) is 5.26. The fraction of sp³-hybridized carbons (Fsp3) is 0.273. The van der Waals surface area contributed by atoms with E-state index < -0.39 is 23.1 Å². The van der Waals surface area contributed by atoms with Crippen molar-refractivity contribution in [2.24, 2.45) is 5.92 Å². The maximum Gasteiger partial charge on any atom is 0.326 e. The predicted octanol–water partition coefficient (Wildman–Crippen LogP) is 2.86. The van der Waals surface area contributed by atoms with E-state index in [2.05, 4.69) is 0 Å². The van der Waals surface area contributed by atoms with Crippen LogP contribution >= 0.6 is 23.1 Å². The highest BCUT2D eigenvalue weighted by Crippen LogP contribution is 2.53. The Balaban J connectivity index is 1.63. The van der Waals surface area contributed by atoms with Crippen LogP contribution in [-0.4, -0.2) is 34.2 Å². The van der Waals surface area contributed by atoms with Crippen LogP contribution in [0.4, 0.5) is 5.69 Å². The molecule has 0 radical (unpaired) electrons. The van der Waals surface area contributed by atoms with Crippen LogP contribution in [0.1, 0.15) is 23.5 Å². The number of hydrogen-bond donors (Lipinski definition) is 0. The lowest BCUT2D eigenvalue weighted by atomic mass is 9.87. The van der Waals surface area contributed by atoms with Crippen molar-refractivity contribution in [3.05, 3.63) is 69.0 Å². The molecule has 2 aromatic heterocycles. The summed E-state index contributed by atoms with van der Waals surface area (Å²) in [4.78, 5) is 53.3. The van der Waals surface area contributed by atoms with Gasteiger partial charge in [0.25, 0.3) is 0 Å². The van der Waals surface area contributed by atoms with E-state index in [-0.39, 0.29) is 29.8 Å². The van der Waals surface area contributed by atoms with Gasteiger partial charge in [0.05, 0.1) is 40.3 Å². The number of anilines is 1. The summed E-state index contributed by atoms with van der Waals surface area (Å²) in [6, 6.07) is 12.2. The number of carbonyl (C=O) groups is 3. The van der Waals surface area contributed by atoms with E-state index in [1.807, 2.05) is 6.07 Å². The van der Waals surface area contributed by atoms with Crippen molar-refractivity contribution in [3.63, 3.8) is 0 Å². The number of carbonyl (C=O) groups excluding carboxylic acids is 3. The lowest BCUT2D eigenvalue weighted by Gasteiger charge is -2.28. The van der Waals surface area contributed by atoms with Crippen LogP contribution in [0, 0.1) is 5.92 Å². The number of para-hydroxylation sites is 1. The number of thioether (sulfide) groups is 1. The molecule has 8 nitrogen and oxygen atoms in total. The second kappa shape index (κ2) is 8.10. The zero-order valence-corrected chi connectivity index (χ0v) is 18.6. The number of esters is 1. The summed E-state index contributed by atoms with van der Waals surface area (Å²) >= 11 is 2.13. The van der Waals surface area contributed by atoms with Gasteiger partial charge in [0.15, 0.2) is 0 Å². The molecule has 2 unspecified atom stereocenters. The highest BCUT2D eigenvalue weighted by Gasteiger charge is 2.57. The Bertz CT molecular complexity index is 1250. The molecule has 0 N–H and O–H groups in total. The molecule has 1 saturated heterocycles. The van der Waals surface area contributed by atoms with Gasteiger partial charge in [-0.3, -0.25) is 23.7 Å². The number of imide groups is 1. The predicted molar refractivity (Wildman–Crippen MR) is 118 cm³/mol. The number of thiazole rings is 1. The second-order valence-electron chi connectivity index (χ2n) is 7.33. The first-order valence-corrected chi connectivity index (χ1v) is 11.7. The Morgan fingerprint density at radius 3 is 2.56 bits per heavy atom. The Morgan fingerprint density at radius 1 is 1.09 bits per heavy atom. The van der Waals surface area contributed by atoms with Crippen LogP contribution in [0.3, 0.4) is 0 Å². The standard InChI is InChI=1S/C22H18N2O6S2/c1-2-29-14(25)11-23-21-18(32-22(23)28)15(13-9-6-10-30-13)16-17(31-21)20(27)24(19(16)26)12-7-4-3-5-8-12/h3-10,15-17H,2,11H2,1H3/t15-,16?,17?/m1/s1. The minimum atomic E-state index is -0.743. The van der Waals surface area contributed by atoms with Gasteiger partial charge in [-0.2, -0.15) is 0 Å². The first kappa shape index (κ1) is 20.8. The zero-order chi connectivity index (χ0) is 22.4. The normalized spacial score (nSPS) is 22.0. The lowest BCUT2D eigenvalue weighted by molar-refractivity contribution is -0.144. The zero-order valence-electron chi connectivity index (χ0n) is 16.9. The molecule has 2 aliphatic heterocycles. The van der Waals surface area contributed by atoms with Crippen molar-refractivity contribution < 1.29 is 23.5 Å². The molecule has 5 rings (SSSR count). The minimum Gasteiger partial charge on any atom is -0.469 e. The number of ether oxygens (including phenoxy) is 1. The Morgan fingerprint density at radius 2 is 1.88 bits per heavy atom. The SMILES string of the molecule is CCOC(=O)Cn1c2c(sc1=O)[C@H](c1ccco1)C1C(=O)N(c3ccccc3)C(=O)C1S2. The number of fused-ring (bicyclic) bond motifs is 2. The molecule has 3 atom stereocenters. The molecule has 3 aromatic rings. The van der Waals surface area contributed by atoms with Crippen LogP contribution < -0.4 is 9.77 Å². The highest BCUT2D eigenvalue weighted by atomic mass is 32.2. The maximum atomic E-state index is 13.5. The van der Waals surface area contributed by atoms with Gasteiger partial charge in [-0.1, -0.05) is 41.3 Å². The van der Waals surface area contributed by atoms with Gasteiger partial charge in [0, 0.05) is 0 Å². The van der Waals surface area contributed by atoms with E-state index in [1.165, 1.54) is 15.7 Å². The van der Waals surface area contributed by atoms with Crippen molar-refractivity contribution in [1.82, 2.24) is 4.57 Å². The molecule has 0 saturated carbocycles. The summed E-state index contributed by atoms with van der Waals surface area (Å²) in [5, 5.41) is -0.237. The molecule has 164 valence electrons. The average molecular weight is 471 g/mol. The molecule has 1 fully saturated rings. The summed E-state index contributed by atoms with van der Waals surface area (Å²) in [7, 11) is 0. The Labute approximate surface area is 190 Å². The van der Waals surface area contributed by atoms with Crippen molar-refractivity contribution in [1.29, 1.82) is 0 Å². The van der Waals surface area contributed by atoms with Gasteiger partial charge >= 0.3 is 10.8 Å². The molecule has 1 aromatic carbocycles. The topological polar surface area (TPSA) is 98.8 Å². The van der Waals surface area contributed by atoms with Gasteiger partial charge < -0.3 is 9.15 Å². The Hall–Kier alpha value is -3.11. The number of rotatable bonds is 5. The van der Waals surface area contributed by atoms with Crippen molar-refractivity contribution in [2.75, 3.05) is 11.5 Å². The third-order valence-corrected chi connectivity index (χ3v) is 8.11. The van der Waals surface area contributed by atoms with Gasteiger partial charge in [0.1, 0.15) is 17.6 Å². The fourth-order valence-electron chi connectivity index (χ4n) is 4.20. The first-order chi connectivity index (χ1) is 15.5. The minimum absolute atomic E-state index is 0.200. The van der Waals surface area contributed by atoms with E-state index in [9.17, 15) is 19.2 Å². The summed E-state index contributed by atoms with van der Waals surface area (Å²) in [6.45, 7) is 1.64. The van der Waals surface area contributed by atoms with E-state index in [0.717, 1.165) is 23.1 Å². The number of benzene rings is 1. The summed E-state index contributed by atoms with van der Waals surface area (Å²) in [6.07, 6.45) is 1.50. The second-order valence-corrected chi connectivity index (χ2v) is 9.46. The number of nitrogens with zero attached hydrogens (tertiary/aromatic N) is 2. The van der Waals surface area contributed by atoms with Crippen LogP contribution in [0.5, 0.6) is 0 Å². The van der Waals surface area contributed by atoms with Crippen molar-refractivity contribution in [2.45, 2.75) is 29.7 Å². The molecule has 32 heavy (non-hydrogen) atoms. The number of amides is 2. The molecular formula is C22H18N2O6S2. The summed E-state index contributed by atoms with van der Waals surface area (Å²) in [5.74, 6) is -2.03. The largest absolute Gasteiger partial charge is 0.469 e. The van der Waals surface area contributed by atoms with Gasteiger partial charge in [-0.15, -0.1) is 0 Å². The van der Waals surface area contributed by atoms with Gasteiger partial charge in [0.2, 0.25) is 11.8 Å². The summed E-state index contributed by atoms with van der Waals surface area (Å²) in [5.41, 5.74) is 0.503. The number of aromatic nitrogens is 1. The quantitative estimate of drug-likeness (QED) is 0.418. The average Bonchev–Trinajstić information content (AvgIpc) is 3.47. The molecule has 0 aliphatic carbocycles. The highest BCUT2D eigenvalue weighted by molar-refractivity contribution is 8.00. The fourth-order valence-corrected chi connectivity index (χ4v) is 6.95. The van der Waals surface area contributed by atoms with E-state index in [1.54, 1.807) is 43.3 Å². The monoisotopic (exact) mass is 470 g/mol. The van der Waals surface area contributed by atoms with Crippen LogP contribution in [0.2, 0.25) is 0 Å². The van der Waals surface area contributed by atoms with Crippen molar-refractivity contribution >= 4 is 46.6 Å². The number of furan rings is 1. The molecule has 2 amide bonds. The molecule has 4 heterocycles. The van der Waals surface area contributed by atoms with E-state index in [0.29, 0.717) is 21.4 Å². The van der Waals surface area contributed by atoms with Gasteiger partial charge in [-0.05, 0) is 31.2 Å². The first-order valence-electron chi connectivity index (χ1n) is 10.0. The summed E-state index contributed by atoms with van der Waals surface area (Å²) < 4.78 is 12.0. The molecule has 10 heteroatoms. The molecular weight excluding hydrogens is 452 g/mol. The van der Waals surface area contributed by atoms with E-state index >= 15 is 0 Å². The van der Waals surface area contributed by atoms with Crippen molar-refractivity contribution in [3.8, 4) is 0 Å². The third kappa shape index (κ3) is 3.21. The maximum absolute atomic E-state index is 13.5.